The van der Waals surface area contributed by atoms with E-state index in [4.69, 9.17) is 11.6 Å². The number of rotatable bonds is 4. The molecule has 5 heteroatoms. The van der Waals surface area contributed by atoms with Crippen molar-refractivity contribution in [2.75, 3.05) is 5.32 Å². The van der Waals surface area contributed by atoms with Crippen LogP contribution in [0.4, 0.5) is 5.69 Å². The Kier molecular flexibility index (Phi) is 5.01. The van der Waals surface area contributed by atoms with E-state index in [9.17, 15) is 4.79 Å². The van der Waals surface area contributed by atoms with Crippen LogP contribution in [0.2, 0.25) is 4.47 Å². The van der Waals surface area contributed by atoms with Gasteiger partial charge in [-0.3, -0.25) is 4.79 Å². The Balaban J connectivity index is 2.39. The molecule has 0 fully saturated rings. The molecule has 1 aromatic carbocycles. The van der Waals surface area contributed by atoms with Crippen molar-refractivity contribution in [3.8, 4) is 0 Å². The predicted molar refractivity (Wildman–Crippen MR) is 89.7 cm³/mol. The third-order valence-corrected chi connectivity index (χ3v) is 4.43. The second-order valence-corrected chi connectivity index (χ2v) is 7.17. The topological polar surface area (TPSA) is 42.0 Å². The lowest BCUT2D eigenvalue weighted by molar-refractivity contribution is 0.103. The summed E-state index contributed by atoms with van der Waals surface area (Å²) in [5, 5.41) is 3.04. The number of carbonyl (C=O) groups excluding carboxylic acids is 1. The standard InChI is InChI=1S/C16H19ClN2OS/c1-9(2)11-6-5-7-12(10(3)4)14(11)19-15(20)13-8-18-16(17)21-13/h5-10H,1-4H3,(H,19,20). The first-order chi connectivity index (χ1) is 9.90. The van der Waals surface area contributed by atoms with Crippen molar-refractivity contribution in [3.63, 3.8) is 0 Å². The number of nitrogens with zero attached hydrogens (tertiary/aromatic N) is 1. The Morgan fingerprint density at radius 1 is 1.19 bits per heavy atom. The van der Waals surface area contributed by atoms with E-state index < -0.39 is 0 Å². The summed E-state index contributed by atoms with van der Waals surface area (Å²) in [4.78, 5) is 16.8. The van der Waals surface area contributed by atoms with Crippen molar-refractivity contribution < 1.29 is 4.79 Å². The number of hydrogen-bond donors (Lipinski definition) is 1. The highest BCUT2D eigenvalue weighted by Gasteiger charge is 2.17. The van der Waals surface area contributed by atoms with Crippen molar-refractivity contribution in [1.82, 2.24) is 4.98 Å². The van der Waals surface area contributed by atoms with Crippen molar-refractivity contribution in [3.05, 3.63) is 44.9 Å². The molecule has 0 aliphatic carbocycles. The van der Waals surface area contributed by atoms with E-state index in [0.29, 0.717) is 21.2 Å². The van der Waals surface area contributed by atoms with Gasteiger partial charge in [-0.1, -0.05) is 68.8 Å². The van der Waals surface area contributed by atoms with E-state index in [1.807, 2.05) is 6.07 Å². The summed E-state index contributed by atoms with van der Waals surface area (Å²) in [7, 11) is 0. The van der Waals surface area contributed by atoms with Crippen LogP contribution in [-0.2, 0) is 0 Å². The molecule has 1 N–H and O–H groups in total. The van der Waals surface area contributed by atoms with Gasteiger partial charge in [0, 0.05) is 5.69 Å². The van der Waals surface area contributed by atoms with E-state index in [1.165, 1.54) is 17.5 Å². The second-order valence-electron chi connectivity index (χ2n) is 5.55. The predicted octanol–water partition coefficient (Wildman–Crippen LogP) is 5.30. The maximum Gasteiger partial charge on any atom is 0.267 e. The van der Waals surface area contributed by atoms with Gasteiger partial charge in [0.1, 0.15) is 4.88 Å². The number of nitrogens with one attached hydrogen (secondary N) is 1. The highest BCUT2D eigenvalue weighted by molar-refractivity contribution is 7.17. The van der Waals surface area contributed by atoms with Crippen molar-refractivity contribution in [2.45, 2.75) is 39.5 Å². The van der Waals surface area contributed by atoms with E-state index >= 15 is 0 Å². The van der Waals surface area contributed by atoms with E-state index in [1.54, 1.807) is 0 Å². The molecule has 0 spiro atoms. The monoisotopic (exact) mass is 322 g/mol. The summed E-state index contributed by atoms with van der Waals surface area (Å²) in [6.45, 7) is 8.49. The molecule has 0 saturated heterocycles. The van der Waals surface area contributed by atoms with Gasteiger partial charge in [-0.05, 0) is 23.0 Å². The third-order valence-electron chi connectivity index (χ3n) is 3.31. The van der Waals surface area contributed by atoms with E-state index in [-0.39, 0.29) is 5.91 Å². The van der Waals surface area contributed by atoms with Crippen LogP contribution in [0.3, 0.4) is 0 Å². The highest BCUT2D eigenvalue weighted by atomic mass is 35.5. The zero-order valence-electron chi connectivity index (χ0n) is 12.6. The average molecular weight is 323 g/mol. The summed E-state index contributed by atoms with van der Waals surface area (Å²) in [5.41, 5.74) is 3.20. The van der Waals surface area contributed by atoms with Crippen LogP contribution in [0.1, 0.15) is 60.3 Å². The van der Waals surface area contributed by atoms with Crippen LogP contribution in [0.15, 0.2) is 24.4 Å². The average Bonchev–Trinajstić information content (AvgIpc) is 2.85. The number of anilines is 1. The van der Waals surface area contributed by atoms with Gasteiger partial charge in [-0.25, -0.2) is 4.98 Å². The van der Waals surface area contributed by atoms with Crippen LogP contribution in [0, 0.1) is 0 Å². The quantitative estimate of drug-likeness (QED) is 0.830. The minimum atomic E-state index is -0.158. The molecule has 2 rings (SSSR count). The summed E-state index contributed by atoms with van der Waals surface area (Å²) in [6.07, 6.45) is 1.51. The lowest BCUT2D eigenvalue weighted by atomic mass is 9.92. The number of carbonyl (C=O) groups is 1. The van der Waals surface area contributed by atoms with Gasteiger partial charge in [0.15, 0.2) is 4.47 Å². The molecule has 2 aromatic rings. The normalized spacial score (nSPS) is 11.2. The Morgan fingerprint density at radius 2 is 1.76 bits per heavy atom. The number of aromatic nitrogens is 1. The van der Waals surface area contributed by atoms with Crippen LogP contribution >= 0.6 is 22.9 Å². The minimum absolute atomic E-state index is 0.158. The van der Waals surface area contributed by atoms with Crippen molar-refractivity contribution >= 4 is 34.5 Å². The highest BCUT2D eigenvalue weighted by Crippen LogP contribution is 2.33. The summed E-state index contributed by atoms with van der Waals surface area (Å²) < 4.78 is 0.376. The number of amides is 1. The van der Waals surface area contributed by atoms with Gasteiger partial charge >= 0.3 is 0 Å². The SMILES string of the molecule is CC(C)c1cccc(C(C)C)c1NC(=O)c1cnc(Cl)s1. The van der Waals surface area contributed by atoms with Crippen LogP contribution in [0.5, 0.6) is 0 Å². The van der Waals surface area contributed by atoms with Gasteiger partial charge < -0.3 is 5.32 Å². The first kappa shape index (κ1) is 16.0. The Labute approximate surface area is 134 Å². The molecule has 0 saturated carbocycles. The molecule has 0 unspecified atom stereocenters. The molecule has 0 bridgehead atoms. The second kappa shape index (κ2) is 6.58. The van der Waals surface area contributed by atoms with Crippen molar-refractivity contribution in [1.29, 1.82) is 0 Å². The largest absolute Gasteiger partial charge is 0.321 e. The smallest absolute Gasteiger partial charge is 0.267 e. The summed E-state index contributed by atoms with van der Waals surface area (Å²) >= 11 is 6.98. The summed E-state index contributed by atoms with van der Waals surface area (Å²) in [6, 6.07) is 6.17. The fourth-order valence-electron chi connectivity index (χ4n) is 2.23. The lowest BCUT2D eigenvalue weighted by Gasteiger charge is -2.19. The Hall–Kier alpha value is -1.39. The molecule has 0 radical (unpaired) electrons. The molecule has 112 valence electrons. The molecule has 0 aliphatic rings. The van der Waals surface area contributed by atoms with Crippen molar-refractivity contribution in [2.24, 2.45) is 0 Å². The maximum atomic E-state index is 12.4. The van der Waals surface area contributed by atoms with E-state index in [0.717, 1.165) is 16.8 Å². The van der Waals surface area contributed by atoms with Gasteiger partial charge in [0.25, 0.3) is 5.91 Å². The number of thiazole rings is 1. The van der Waals surface area contributed by atoms with Gasteiger partial charge in [-0.2, -0.15) is 0 Å². The van der Waals surface area contributed by atoms with Gasteiger partial charge in [-0.15, -0.1) is 0 Å². The Bertz CT molecular complexity index is 623. The molecule has 0 atom stereocenters. The molecule has 21 heavy (non-hydrogen) atoms. The number of para-hydroxylation sites is 1. The molecule has 0 aliphatic heterocycles. The zero-order chi connectivity index (χ0) is 15.6. The zero-order valence-corrected chi connectivity index (χ0v) is 14.2. The molecule has 1 heterocycles. The third kappa shape index (κ3) is 3.63. The molecule has 1 aromatic heterocycles. The molecule has 3 nitrogen and oxygen atoms in total. The van der Waals surface area contributed by atoms with Crippen LogP contribution in [0.25, 0.3) is 0 Å². The van der Waals surface area contributed by atoms with Gasteiger partial charge in [0.05, 0.1) is 6.20 Å². The van der Waals surface area contributed by atoms with Crippen LogP contribution < -0.4 is 5.32 Å². The fraction of sp³-hybridized carbons (Fsp3) is 0.375. The number of halogens is 1. The van der Waals surface area contributed by atoms with Gasteiger partial charge in [0.2, 0.25) is 0 Å². The maximum absolute atomic E-state index is 12.4. The van der Waals surface area contributed by atoms with E-state index in [2.05, 4.69) is 50.1 Å². The molecular weight excluding hydrogens is 304 g/mol. The lowest BCUT2D eigenvalue weighted by Crippen LogP contribution is -2.14. The molecular formula is C16H19ClN2OS. The minimum Gasteiger partial charge on any atom is -0.321 e. The number of benzene rings is 1. The van der Waals surface area contributed by atoms with Crippen LogP contribution in [-0.4, -0.2) is 10.9 Å². The summed E-state index contributed by atoms with van der Waals surface area (Å²) in [5.74, 6) is 0.516. The fourth-order valence-corrected chi connectivity index (χ4v) is 3.06. The first-order valence-electron chi connectivity index (χ1n) is 6.95. The molecule has 1 amide bonds. The first-order valence-corrected chi connectivity index (χ1v) is 8.15. The number of hydrogen-bond acceptors (Lipinski definition) is 3. The Morgan fingerprint density at radius 3 is 2.19 bits per heavy atom.